The third-order valence-corrected chi connectivity index (χ3v) is 7.20. The molecule has 1 aliphatic carbocycles. The second-order valence-electron chi connectivity index (χ2n) is 9.12. The Morgan fingerprint density at radius 2 is 1.85 bits per heavy atom. The van der Waals surface area contributed by atoms with Gasteiger partial charge in [-0.15, -0.1) is 0 Å². The summed E-state index contributed by atoms with van der Waals surface area (Å²) < 4.78 is 14.6. The number of amides is 1. The van der Waals surface area contributed by atoms with Gasteiger partial charge in [-0.1, -0.05) is 55.3 Å². The number of rotatable bonds is 8. The number of carboxylic acids is 1. The number of hydrogen-bond acceptors (Lipinski definition) is 3. The highest BCUT2D eigenvalue weighted by atomic mass is 19.1. The standard InChI is InChI=1S/C27H30FNO4/c28-23-6-2-1-5-22(23)27(16-3-4-17-27)24(30)13-11-21-12-14-25(31)29(21)18-15-19-7-9-20(10-8-19)26(32)33/h1-2,5-11,13,21,24,30H,3-4,12,14-18H2,(H,32,33)/t21-,24+/m0/s1. The van der Waals surface area contributed by atoms with Gasteiger partial charge in [0.2, 0.25) is 5.91 Å². The summed E-state index contributed by atoms with van der Waals surface area (Å²) in [5, 5.41) is 20.2. The molecule has 2 fully saturated rings. The Morgan fingerprint density at radius 3 is 2.52 bits per heavy atom. The van der Waals surface area contributed by atoms with Crippen molar-refractivity contribution < 1.29 is 24.2 Å². The van der Waals surface area contributed by atoms with Crippen molar-refractivity contribution in [2.24, 2.45) is 0 Å². The predicted octanol–water partition coefficient (Wildman–Crippen LogP) is 4.49. The van der Waals surface area contributed by atoms with Crippen molar-refractivity contribution in [3.63, 3.8) is 0 Å². The third kappa shape index (κ3) is 4.86. The lowest BCUT2D eigenvalue weighted by Gasteiger charge is -2.34. The van der Waals surface area contributed by atoms with Gasteiger partial charge in [-0.25, -0.2) is 9.18 Å². The summed E-state index contributed by atoms with van der Waals surface area (Å²) in [5.74, 6) is -1.17. The van der Waals surface area contributed by atoms with E-state index in [-0.39, 0.29) is 23.3 Å². The van der Waals surface area contributed by atoms with E-state index < -0.39 is 17.5 Å². The maximum absolute atomic E-state index is 14.6. The van der Waals surface area contributed by atoms with E-state index in [0.717, 1.165) is 31.2 Å². The number of aliphatic hydroxyl groups excluding tert-OH is 1. The molecule has 6 heteroatoms. The van der Waals surface area contributed by atoms with Crippen molar-refractivity contribution in [1.29, 1.82) is 0 Å². The fraction of sp³-hybridized carbons (Fsp3) is 0.407. The molecular formula is C27H30FNO4. The molecule has 2 N–H and O–H groups in total. The summed E-state index contributed by atoms with van der Waals surface area (Å²) in [6.07, 6.45) is 7.99. The van der Waals surface area contributed by atoms with Crippen LogP contribution in [0.1, 0.15) is 60.0 Å². The van der Waals surface area contributed by atoms with Gasteiger partial charge < -0.3 is 15.1 Å². The minimum absolute atomic E-state index is 0.0750. The van der Waals surface area contributed by atoms with Crippen molar-refractivity contribution in [3.05, 3.63) is 83.2 Å². The van der Waals surface area contributed by atoms with E-state index in [9.17, 15) is 19.1 Å². The molecule has 2 aliphatic rings. The lowest BCUT2D eigenvalue weighted by atomic mass is 9.73. The average Bonchev–Trinajstić information content (AvgIpc) is 3.44. The zero-order chi connectivity index (χ0) is 23.4. The smallest absolute Gasteiger partial charge is 0.335 e. The maximum Gasteiger partial charge on any atom is 0.335 e. The number of carboxylic acid groups (broad SMARTS) is 1. The molecule has 2 atom stereocenters. The van der Waals surface area contributed by atoms with E-state index in [1.807, 2.05) is 17.0 Å². The molecule has 4 rings (SSSR count). The van der Waals surface area contributed by atoms with E-state index in [0.29, 0.717) is 31.4 Å². The number of carbonyl (C=O) groups is 2. The average molecular weight is 452 g/mol. The summed E-state index contributed by atoms with van der Waals surface area (Å²) in [6.45, 7) is 0.523. The summed E-state index contributed by atoms with van der Waals surface area (Å²) >= 11 is 0. The first-order valence-corrected chi connectivity index (χ1v) is 11.6. The molecule has 2 aromatic rings. The van der Waals surface area contributed by atoms with E-state index in [2.05, 4.69) is 0 Å². The third-order valence-electron chi connectivity index (χ3n) is 7.20. The van der Waals surface area contributed by atoms with E-state index in [4.69, 9.17) is 5.11 Å². The summed E-state index contributed by atoms with van der Waals surface area (Å²) in [4.78, 5) is 25.3. The molecule has 0 aromatic heterocycles. The molecule has 5 nitrogen and oxygen atoms in total. The van der Waals surface area contributed by atoms with Crippen LogP contribution in [0.2, 0.25) is 0 Å². The summed E-state index contributed by atoms with van der Waals surface area (Å²) in [7, 11) is 0. The molecule has 0 unspecified atom stereocenters. The molecule has 1 saturated carbocycles. The Morgan fingerprint density at radius 1 is 1.15 bits per heavy atom. The fourth-order valence-corrected chi connectivity index (χ4v) is 5.32. The molecule has 2 aromatic carbocycles. The molecule has 33 heavy (non-hydrogen) atoms. The summed E-state index contributed by atoms with van der Waals surface area (Å²) in [5.41, 5.74) is 1.15. The van der Waals surface area contributed by atoms with E-state index in [1.54, 1.807) is 42.5 Å². The van der Waals surface area contributed by atoms with Gasteiger partial charge in [0, 0.05) is 18.4 Å². The van der Waals surface area contributed by atoms with E-state index >= 15 is 0 Å². The quantitative estimate of drug-likeness (QED) is 0.580. The van der Waals surface area contributed by atoms with Crippen LogP contribution in [0.3, 0.4) is 0 Å². The number of aliphatic hydroxyl groups is 1. The Balaban J connectivity index is 1.45. The SMILES string of the molecule is O=C(O)c1ccc(CCN2C(=O)CC[C@@H]2C=C[C@@H](O)C2(c3ccccc3F)CCCC2)cc1. The fourth-order valence-electron chi connectivity index (χ4n) is 5.32. The molecule has 1 aliphatic heterocycles. The minimum Gasteiger partial charge on any atom is -0.478 e. The topological polar surface area (TPSA) is 77.8 Å². The highest BCUT2D eigenvalue weighted by Gasteiger charge is 2.43. The Bertz CT molecular complexity index is 1030. The Kier molecular flexibility index (Phi) is 6.94. The zero-order valence-corrected chi connectivity index (χ0v) is 18.6. The van der Waals surface area contributed by atoms with Crippen molar-refractivity contribution in [2.45, 2.75) is 62.5 Å². The summed E-state index contributed by atoms with van der Waals surface area (Å²) in [6, 6.07) is 13.3. The lowest BCUT2D eigenvalue weighted by molar-refractivity contribution is -0.128. The van der Waals surface area contributed by atoms with Crippen LogP contribution in [0.5, 0.6) is 0 Å². The lowest BCUT2D eigenvalue weighted by Crippen LogP contribution is -2.38. The molecule has 1 heterocycles. The van der Waals surface area contributed by atoms with Crippen molar-refractivity contribution in [2.75, 3.05) is 6.54 Å². The van der Waals surface area contributed by atoms with E-state index in [1.165, 1.54) is 6.07 Å². The van der Waals surface area contributed by atoms with Gasteiger partial charge in [0.1, 0.15) is 5.82 Å². The Labute approximate surface area is 193 Å². The second-order valence-corrected chi connectivity index (χ2v) is 9.12. The number of hydrogen-bond donors (Lipinski definition) is 2. The first kappa shape index (κ1) is 23.2. The zero-order valence-electron chi connectivity index (χ0n) is 18.6. The first-order valence-electron chi connectivity index (χ1n) is 11.6. The van der Waals surface area contributed by atoms with Crippen LogP contribution in [0.25, 0.3) is 0 Å². The number of aromatic carboxylic acids is 1. The number of benzene rings is 2. The predicted molar refractivity (Wildman–Crippen MR) is 124 cm³/mol. The van der Waals surface area contributed by atoms with Crippen LogP contribution in [0, 0.1) is 5.82 Å². The highest BCUT2D eigenvalue weighted by molar-refractivity contribution is 5.87. The molecule has 0 spiro atoms. The number of halogens is 1. The number of likely N-dealkylation sites (tertiary alicyclic amines) is 1. The van der Waals surface area contributed by atoms with Gasteiger partial charge in [0.25, 0.3) is 0 Å². The maximum atomic E-state index is 14.6. The minimum atomic E-state index is -0.963. The van der Waals surface area contributed by atoms with Crippen LogP contribution in [0.4, 0.5) is 4.39 Å². The Hall–Kier alpha value is -2.99. The molecular weight excluding hydrogens is 421 g/mol. The number of nitrogens with zero attached hydrogens (tertiary/aromatic N) is 1. The molecule has 1 saturated heterocycles. The van der Waals surface area contributed by atoms with Gasteiger partial charge in [-0.3, -0.25) is 4.79 Å². The van der Waals surface area contributed by atoms with Crippen LogP contribution in [-0.2, 0) is 16.6 Å². The van der Waals surface area contributed by atoms with Gasteiger partial charge in [-0.05, 0) is 55.0 Å². The molecule has 1 amide bonds. The monoisotopic (exact) mass is 451 g/mol. The van der Waals surface area contributed by atoms with Crippen molar-refractivity contribution in [3.8, 4) is 0 Å². The molecule has 174 valence electrons. The van der Waals surface area contributed by atoms with Gasteiger partial charge in [0.15, 0.2) is 0 Å². The van der Waals surface area contributed by atoms with Crippen molar-refractivity contribution >= 4 is 11.9 Å². The highest BCUT2D eigenvalue weighted by Crippen LogP contribution is 2.45. The largest absolute Gasteiger partial charge is 0.478 e. The van der Waals surface area contributed by atoms with Gasteiger partial charge in [-0.2, -0.15) is 0 Å². The number of carbonyl (C=O) groups excluding carboxylic acids is 1. The van der Waals surface area contributed by atoms with Gasteiger partial charge in [0.05, 0.1) is 17.7 Å². The molecule has 0 bridgehead atoms. The van der Waals surface area contributed by atoms with Crippen LogP contribution in [0.15, 0.2) is 60.7 Å². The van der Waals surface area contributed by atoms with Gasteiger partial charge >= 0.3 is 5.97 Å². The van der Waals surface area contributed by atoms with Crippen LogP contribution in [-0.4, -0.2) is 45.7 Å². The van der Waals surface area contributed by atoms with Crippen LogP contribution >= 0.6 is 0 Å². The second kappa shape index (κ2) is 9.87. The van der Waals surface area contributed by atoms with Crippen molar-refractivity contribution in [1.82, 2.24) is 4.90 Å². The van der Waals surface area contributed by atoms with Crippen LogP contribution < -0.4 is 0 Å². The molecule has 0 radical (unpaired) electrons. The normalized spacial score (nSPS) is 21.1. The first-order chi connectivity index (χ1) is 15.9.